The Labute approximate surface area is 531 Å². The van der Waals surface area contributed by atoms with Crippen LogP contribution in [0.1, 0.15) is 58.4 Å². The summed E-state index contributed by atoms with van der Waals surface area (Å²) >= 11 is 16.2. The number of alkyl halides is 5. The maximum absolute atomic E-state index is 7.93. The van der Waals surface area contributed by atoms with E-state index >= 15 is 0 Å². The molecule has 0 aliphatic rings. The van der Waals surface area contributed by atoms with Crippen molar-refractivity contribution in [1.82, 2.24) is 5.32 Å². The minimum Gasteiger partial charge on any atom is -0.396 e. The zero-order chi connectivity index (χ0) is 54.7. The molecular weight excluding hydrogens is 1550 g/mol. The number of rotatable bonds is 17. The number of hydrogen-bond donors (Lipinski definition) is 5. The molecule has 0 saturated carbocycles. The molecule has 428 valence electrons. The van der Waals surface area contributed by atoms with Gasteiger partial charge in [-0.05, 0) is 111 Å². The Morgan fingerprint density at radius 1 is 0.556 bits per heavy atom. The molecule has 0 amide bonds. The molecule has 0 fully saturated rings. The third kappa shape index (κ3) is 570. The molecule has 34 nitrogen and oxygen atoms in total. The minimum absolute atomic E-state index is 0. The number of nitrogens with one attached hydrogen (secondary N) is 2. The summed E-state index contributed by atoms with van der Waals surface area (Å²) in [5, 5.41) is 36.3. The van der Waals surface area contributed by atoms with Crippen LogP contribution in [0.25, 0.3) is 110 Å². The number of thiol groups is 1. The van der Waals surface area contributed by atoms with Crippen LogP contribution < -0.4 is 40.6 Å². The molecule has 0 spiro atoms. The van der Waals surface area contributed by atoms with Crippen LogP contribution in [0.3, 0.4) is 0 Å². The van der Waals surface area contributed by atoms with Gasteiger partial charge in [-0.25, -0.2) is 0 Å². The van der Waals surface area contributed by atoms with E-state index in [9.17, 15) is 0 Å². The summed E-state index contributed by atoms with van der Waals surface area (Å²) in [4.78, 5) is 33.1. The number of aliphatic hydroxyl groups is 1. The molecule has 72 heavy (non-hydrogen) atoms. The first-order valence-corrected chi connectivity index (χ1v) is 29.0. The molecule has 0 aromatic carbocycles. The molecule has 0 rings (SSSR count). The maximum atomic E-state index is 7.93. The topological polar surface area (TPSA) is 577 Å². The van der Waals surface area contributed by atoms with E-state index in [4.69, 9.17) is 77.2 Å². The van der Waals surface area contributed by atoms with Crippen LogP contribution in [0.4, 0.5) is 0 Å². The van der Waals surface area contributed by atoms with Crippen molar-refractivity contribution in [2.24, 2.45) is 46.6 Å². The quantitative estimate of drug-likeness (QED) is 0.0138. The van der Waals surface area contributed by atoms with Gasteiger partial charge in [-0.15, -0.1) is 5.53 Å². The van der Waals surface area contributed by atoms with Gasteiger partial charge in [0.25, 0.3) is 0 Å². The zero-order valence-electron chi connectivity index (χ0n) is 39.0. The average Bonchev–Trinajstić information content (AvgIpc) is 3.35. The van der Waals surface area contributed by atoms with Crippen LogP contribution >= 0.6 is 137 Å². The number of azide groups is 8. The molecule has 42 heteroatoms. The molecule has 0 aliphatic carbocycles. The van der Waals surface area contributed by atoms with E-state index in [-0.39, 0.29) is 87.3 Å². The molecule has 5 N–H and O–H groups in total. The molecule has 0 heterocycles. The summed E-state index contributed by atoms with van der Waals surface area (Å²) in [7, 11) is 3.37. The van der Waals surface area contributed by atoms with Crippen LogP contribution in [-0.2, 0) is 4.74 Å². The number of aliphatic hydroxyl groups excluding tert-OH is 1. The van der Waals surface area contributed by atoms with Gasteiger partial charge in [-0.3, -0.25) is 4.91 Å². The molecule has 0 aromatic rings. The number of methoxy groups -OCH3 is 1. The van der Waals surface area contributed by atoms with Gasteiger partial charge in [-0.1, -0.05) is 212 Å². The van der Waals surface area contributed by atoms with E-state index in [1.165, 1.54) is 4.91 Å². The largest absolute Gasteiger partial charge is 1.00 e. The SMILES string of the molecule is C.C.C.C.C.CCN=[N+]=[N-].CCN=[N+]=[N-].[11CH3]I.[11CH3]I.[11CH3]I.[11CH3]I.[11CH3]I.[11CH3]NCCN=[N+]=[N-].[11CH3]OCCN=[N+]=[N-].[11CH3]SCCN=[N+]=[N-].[11CH4].[N-]=[N+]=N.[N-]=[N+]=NCCN.[N-]=[N+]=NCCO.[N-]=[N+]=NCCS.[N-]=[N+]=[N-].[Na+]. The normalized spacial score (nSPS) is 5.36. The van der Waals surface area contributed by atoms with Gasteiger partial charge in [0.05, 0.1) is 6.61 Å². The number of ether oxygens (including phenoxy) is 1. The van der Waals surface area contributed by atoms with Crippen molar-refractivity contribution in [3.05, 3.63) is 110 Å². The second kappa shape index (κ2) is 292. The summed E-state index contributed by atoms with van der Waals surface area (Å²) < 4.78 is 4.58. The maximum Gasteiger partial charge on any atom is 1.00 e. The number of halogens is 5. The van der Waals surface area contributed by atoms with Crippen molar-refractivity contribution in [2.45, 2.75) is 58.4 Å². The Kier molecular flexibility index (Phi) is 586. The molecule has 0 atom stereocenters. The van der Waals surface area contributed by atoms with Crippen LogP contribution in [0, 0.1) is 5.53 Å². The van der Waals surface area contributed by atoms with Crippen LogP contribution in [-0.4, -0.2) is 140 Å². The molecule has 0 aromatic heterocycles. The van der Waals surface area contributed by atoms with Gasteiger partial charge in [0.2, 0.25) is 0 Å². The van der Waals surface area contributed by atoms with Crippen molar-refractivity contribution >= 4 is 137 Å². The second-order valence-electron chi connectivity index (χ2n) is 6.34. The Morgan fingerprint density at radius 2 is 0.819 bits per heavy atom. The number of likely N-dealkylation sites (N-methyl/N-ethyl adjacent to an activating group) is 1. The third-order valence-electron chi connectivity index (χ3n) is 2.67. The van der Waals surface area contributed by atoms with E-state index < -0.39 is 0 Å². The molecule has 0 bridgehead atoms. The summed E-state index contributed by atoms with van der Waals surface area (Å²) in [5.41, 5.74) is 91.7. The summed E-state index contributed by atoms with van der Waals surface area (Å²) in [5.74, 6) is 1.55. The molecule has 0 saturated heterocycles. The van der Waals surface area contributed by atoms with Gasteiger partial charge in [0, 0.05) is 112 Å². The van der Waals surface area contributed by atoms with E-state index in [2.05, 4.69) is 216 Å². The third-order valence-corrected chi connectivity index (χ3v) is 3.46. The molecule has 0 radical (unpaired) electrons. The standard InChI is InChI=1S/C3H8N4.C3H7N3O.C3H7N3S.C2H6N4.C2H5N3O.C2H5N3S.2C2H5N3.5CH3I.6CH4.HN3.N3.Na/c1-5-2-3-6-7-4;2*1-7-3-2-5-6-4;3-1-2-5-6-4;2*3-5-4-1-2-6;2*1-2-4-5-3;5*1-2;;;;;;;2*1-3-2;/h5H,2-3H2,1H3;2*2-3H2,1H3;1-3H2;2*6H,1-2H2;2*2H2,1H3;5*1H3;6*1H4;1H;;/q;;;;;;;;;;;;;;;;;;;;-1;+1/i3*1-1;;;;;;6*1-1;;;;;;;;. The zero-order valence-corrected chi connectivity index (χ0v) is 53.5. The fraction of sp³-hybridized carbons (Fsp3) is 1.00. The number of hydrogen-bond acceptors (Lipinski definition) is 15. The average molecular weight is 1640 g/mol. The summed E-state index contributed by atoms with van der Waals surface area (Å²) in [6.07, 6.45) is 1.98. The van der Waals surface area contributed by atoms with Crippen molar-refractivity contribution < 1.29 is 39.4 Å². The Hall–Kier alpha value is -1.71. The smallest absolute Gasteiger partial charge is 0.396 e. The molecule has 0 unspecified atom stereocenters. The van der Waals surface area contributed by atoms with Crippen LogP contribution in [0.15, 0.2) is 40.9 Å². The Bertz CT molecular complexity index is 1110. The number of thioether (sulfide) groups is 1. The molecular formula is C30H88I5N32NaO2S2. The van der Waals surface area contributed by atoms with E-state index in [0.29, 0.717) is 64.7 Å². The number of nitrogens with two attached hydrogens (primary N) is 1. The first-order chi connectivity index (χ1) is 31.6. The Morgan fingerprint density at radius 3 is 0.986 bits per heavy atom. The second-order valence-corrected chi connectivity index (χ2v) is 7.77. The fourth-order valence-electron chi connectivity index (χ4n) is 0.968. The monoisotopic (exact) mass is 1640 g/mol. The predicted molar refractivity (Wildman–Crippen MR) is 357 cm³/mol. The fourth-order valence-corrected chi connectivity index (χ4v) is 1.32. The van der Waals surface area contributed by atoms with Gasteiger partial charge in [0.1, 0.15) is 0 Å². The predicted octanol–water partition coefficient (Wildman–Crippen LogP) is 15.3. The van der Waals surface area contributed by atoms with E-state index in [0.717, 1.165) is 12.3 Å². The van der Waals surface area contributed by atoms with Crippen LogP contribution in [0.5, 0.6) is 0 Å². The van der Waals surface area contributed by atoms with Crippen molar-refractivity contribution in [3.8, 4) is 0 Å². The summed E-state index contributed by atoms with van der Waals surface area (Å²) in [6.45, 7) is 8.94. The van der Waals surface area contributed by atoms with Gasteiger partial charge < -0.3 is 32.0 Å². The van der Waals surface area contributed by atoms with Crippen LogP contribution in [0.2, 0.25) is 0 Å². The molecule has 0 aliphatic heterocycles. The van der Waals surface area contributed by atoms with Crippen molar-refractivity contribution in [3.63, 3.8) is 0 Å². The van der Waals surface area contributed by atoms with Gasteiger partial charge in [0.15, 0.2) is 0 Å². The summed E-state index contributed by atoms with van der Waals surface area (Å²) in [6, 6.07) is 0. The van der Waals surface area contributed by atoms with Gasteiger partial charge >= 0.3 is 29.6 Å². The van der Waals surface area contributed by atoms with Crippen molar-refractivity contribution in [2.75, 3.05) is 135 Å². The minimum atomic E-state index is -0.0654. The van der Waals surface area contributed by atoms with E-state index in [1.807, 2.05) is 38.0 Å². The van der Waals surface area contributed by atoms with Gasteiger partial charge in [-0.2, -0.15) is 24.4 Å². The Balaban J connectivity index is -0.0000000188. The first kappa shape index (κ1) is 145. The number of nitrogens with zero attached hydrogens (tertiary/aromatic N) is 29. The van der Waals surface area contributed by atoms with E-state index in [1.54, 1.807) is 37.6 Å². The van der Waals surface area contributed by atoms with Crippen molar-refractivity contribution in [1.29, 1.82) is 5.53 Å². The first-order valence-electron chi connectivity index (χ1n) is 16.1.